The van der Waals surface area contributed by atoms with E-state index >= 15 is 0 Å². The van der Waals surface area contributed by atoms with Crippen molar-refractivity contribution >= 4 is 23.5 Å². The molecule has 3 rings (SSSR count). The van der Waals surface area contributed by atoms with Crippen molar-refractivity contribution in [2.24, 2.45) is 0 Å². The highest BCUT2D eigenvalue weighted by Gasteiger charge is 2.13. The summed E-state index contributed by atoms with van der Waals surface area (Å²) in [6.07, 6.45) is 2.61. The Kier molecular flexibility index (Phi) is 6.95. The van der Waals surface area contributed by atoms with E-state index in [1.807, 2.05) is 20.1 Å². The predicted octanol–water partition coefficient (Wildman–Crippen LogP) is 4.72. The van der Waals surface area contributed by atoms with Gasteiger partial charge in [-0.05, 0) is 80.6 Å². The third-order valence-electron chi connectivity index (χ3n) is 4.62. The third-order valence-corrected chi connectivity index (χ3v) is 5.16. The van der Waals surface area contributed by atoms with E-state index < -0.39 is 5.82 Å². The zero-order valence-corrected chi connectivity index (χ0v) is 17.8. The van der Waals surface area contributed by atoms with Crippen LogP contribution in [0.3, 0.4) is 0 Å². The second kappa shape index (κ2) is 9.63. The van der Waals surface area contributed by atoms with Crippen molar-refractivity contribution in [3.63, 3.8) is 0 Å². The van der Waals surface area contributed by atoms with Gasteiger partial charge in [0.1, 0.15) is 11.6 Å². The van der Waals surface area contributed by atoms with Crippen molar-refractivity contribution in [2.45, 2.75) is 31.8 Å². The molecule has 30 heavy (non-hydrogen) atoms. The van der Waals surface area contributed by atoms with Crippen LogP contribution in [0, 0.1) is 19.7 Å². The molecule has 7 heteroatoms. The first kappa shape index (κ1) is 21.6. The molecule has 1 heterocycles. The fourth-order valence-electron chi connectivity index (χ4n) is 3.01. The molecule has 0 radical (unpaired) electrons. The number of hydrogen-bond acceptors (Lipinski definition) is 6. The van der Waals surface area contributed by atoms with E-state index in [1.54, 1.807) is 24.3 Å². The summed E-state index contributed by atoms with van der Waals surface area (Å²) < 4.78 is 18.4. The van der Waals surface area contributed by atoms with Crippen molar-refractivity contribution < 1.29 is 18.7 Å². The van der Waals surface area contributed by atoms with Gasteiger partial charge in [0.2, 0.25) is 0 Å². The van der Waals surface area contributed by atoms with Crippen LogP contribution < -0.4 is 4.74 Å². The fraction of sp³-hybridized carbons (Fsp3) is 0.217. The molecule has 0 aliphatic carbocycles. The van der Waals surface area contributed by atoms with Crippen LogP contribution in [0.1, 0.15) is 39.3 Å². The highest BCUT2D eigenvalue weighted by atomic mass is 32.2. The number of carbonyl (C=O) groups excluding carboxylic acids is 2. The highest BCUT2D eigenvalue weighted by molar-refractivity contribution is 7.98. The van der Waals surface area contributed by atoms with Crippen LogP contribution in [-0.4, -0.2) is 28.0 Å². The number of aryl methyl sites for hydroxylation is 2. The Morgan fingerprint density at radius 1 is 0.933 bits per heavy atom. The number of benzene rings is 2. The molecular formula is C23H21FN2O3S. The molecule has 0 spiro atoms. The molecule has 3 aromatic rings. The number of ketones is 1. The molecule has 0 N–H and O–H groups in total. The van der Waals surface area contributed by atoms with Crippen LogP contribution in [0.25, 0.3) is 0 Å². The summed E-state index contributed by atoms with van der Waals surface area (Å²) in [5.41, 5.74) is 3.50. The normalized spacial score (nSPS) is 10.7. The third kappa shape index (κ3) is 5.30. The summed E-state index contributed by atoms with van der Waals surface area (Å²) in [5.74, 6) is -0.642. The van der Waals surface area contributed by atoms with Crippen LogP contribution in [0.15, 0.2) is 53.7 Å². The lowest BCUT2D eigenvalue weighted by Gasteiger charge is -2.10. The number of esters is 1. The first-order valence-corrected chi connectivity index (χ1v) is 10.6. The highest BCUT2D eigenvalue weighted by Crippen LogP contribution is 2.19. The second-order valence-corrected chi connectivity index (χ2v) is 7.47. The lowest BCUT2D eigenvalue weighted by atomic mass is 10.0. The monoisotopic (exact) mass is 424 g/mol. The summed E-state index contributed by atoms with van der Waals surface area (Å²) in [4.78, 5) is 33.5. The molecule has 0 aliphatic heterocycles. The molecule has 1 aromatic heterocycles. The Morgan fingerprint density at radius 2 is 1.47 bits per heavy atom. The maximum absolute atomic E-state index is 13.0. The average molecular weight is 424 g/mol. The Labute approximate surface area is 178 Å². The maximum Gasteiger partial charge on any atom is 0.311 e. The Morgan fingerprint density at radius 3 is 2.00 bits per heavy atom. The SMILES string of the molecule is CSc1nc(C)c(CCC(=O)Oc2ccc(C(=O)c3ccc(F)cc3)cc2)c(C)n1. The van der Waals surface area contributed by atoms with Crippen LogP contribution >= 0.6 is 11.8 Å². The van der Waals surface area contributed by atoms with Gasteiger partial charge in [0.05, 0.1) is 6.42 Å². The van der Waals surface area contributed by atoms with Gasteiger partial charge in [-0.3, -0.25) is 9.59 Å². The van der Waals surface area contributed by atoms with Crippen molar-refractivity contribution in [2.75, 3.05) is 6.26 Å². The number of ether oxygens (including phenoxy) is 1. The van der Waals surface area contributed by atoms with Gasteiger partial charge in [-0.25, -0.2) is 14.4 Å². The van der Waals surface area contributed by atoms with Gasteiger partial charge in [-0.2, -0.15) is 0 Å². The van der Waals surface area contributed by atoms with Gasteiger partial charge in [0, 0.05) is 22.5 Å². The zero-order chi connectivity index (χ0) is 21.7. The first-order chi connectivity index (χ1) is 14.4. The van der Waals surface area contributed by atoms with Gasteiger partial charge in [-0.1, -0.05) is 11.8 Å². The molecule has 0 unspecified atom stereocenters. The van der Waals surface area contributed by atoms with Gasteiger partial charge in [-0.15, -0.1) is 0 Å². The number of hydrogen-bond donors (Lipinski definition) is 0. The molecule has 5 nitrogen and oxygen atoms in total. The van der Waals surface area contributed by atoms with Gasteiger partial charge in [0.15, 0.2) is 10.9 Å². The number of carbonyl (C=O) groups is 2. The van der Waals surface area contributed by atoms with Gasteiger partial charge < -0.3 is 4.74 Å². The quantitative estimate of drug-likeness (QED) is 0.180. The molecule has 154 valence electrons. The number of thioether (sulfide) groups is 1. The van der Waals surface area contributed by atoms with Crippen molar-refractivity contribution in [3.8, 4) is 5.75 Å². The lowest BCUT2D eigenvalue weighted by molar-refractivity contribution is -0.134. The van der Waals surface area contributed by atoms with E-state index in [9.17, 15) is 14.0 Å². The molecule has 0 bridgehead atoms. The molecule has 0 aliphatic rings. The second-order valence-electron chi connectivity index (χ2n) is 6.69. The largest absolute Gasteiger partial charge is 0.427 e. The number of halogens is 1. The van der Waals surface area contributed by atoms with Crippen LogP contribution in [-0.2, 0) is 11.2 Å². The number of rotatable bonds is 7. The predicted molar refractivity (Wildman–Crippen MR) is 114 cm³/mol. The molecular weight excluding hydrogens is 403 g/mol. The van der Waals surface area contributed by atoms with Gasteiger partial charge >= 0.3 is 5.97 Å². The minimum Gasteiger partial charge on any atom is -0.427 e. The molecule has 0 atom stereocenters. The van der Waals surface area contributed by atoms with E-state index in [0.29, 0.717) is 28.5 Å². The summed E-state index contributed by atoms with van der Waals surface area (Å²) in [7, 11) is 0. The Bertz CT molecular complexity index is 1040. The zero-order valence-electron chi connectivity index (χ0n) is 16.9. The summed E-state index contributed by atoms with van der Waals surface area (Å²) >= 11 is 1.48. The van der Waals surface area contributed by atoms with E-state index in [-0.39, 0.29) is 18.2 Å². The minimum absolute atomic E-state index is 0.194. The topological polar surface area (TPSA) is 69.2 Å². The Hall–Kier alpha value is -3.06. The maximum atomic E-state index is 13.0. The molecule has 0 amide bonds. The van der Waals surface area contributed by atoms with Crippen LogP contribution in [0.2, 0.25) is 0 Å². The standard InChI is InChI=1S/C23H21FN2O3S/c1-14-20(15(2)26-23(25-14)30-3)12-13-21(27)29-19-10-6-17(7-11-19)22(28)16-4-8-18(24)9-5-16/h4-11H,12-13H2,1-3H3. The molecule has 0 fully saturated rings. The Balaban J connectivity index is 1.60. The summed E-state index contributed by atoms with van der Waals surface area (Å²) in [5, 5.41) is 0.714. The van der Waals surface area contributed by atoms with E-state index in [2.05, 4.69) is 9.97 Å². The smallest absolute Gasteiger partial charge is 0.311 e. The first-order valence-electron chi connectivity index (χ1n) is 9.36. The van der Waals surface area contributed by atoms with E-state index in [0.717, 1.165) is 17.0 Å². The number of aromatic nitrogens is 2. The van der Waals surface area contributed by atoms with Crippen molar-refractivity contribution in [3.05, 3.63) is 82.4 Å². The van der Waals surface area contributed by atoms with Crippen molar-refractivity contribution in [1.82, 2.24) is 9.97 Å². The molecule has 0 saturated heterocycles. The average Bonchev–Trinajstić information content (AvgIpc) is 2.73. The van der Waals surface area contributed by atoms with Crippen molar-refractivity contribution in [1.29, 1.82) is 0 Å². The van der Waals surface area contributed by atoms with Gasteiger partial charge in [0.25, 0.3) is 0 Å². The van der Waals surface area contributed by atoms with Crippen LogP contribution in [0.5, 0.6) is 5.75 Å². The minimum atomic E-state index is -0.397. The fourth-order valence-corrected chi connectivity index (χ4v) is 3.47. The lowest BCUT2D eigenvalue weighted by Crippen LogP contribution is -2.11. The summed E-state index contributed by atoms with van der Waals surface area (Å²) in [6.45, 7) is 3.82. The molecule has 0 saturated carbocycles. The van der Waals surface area contributed by atoms with E-state index in [1.165, 1.54) is 36.0 Å². The van der Waals surface area contributed by atoms with Crippen LogP contribution in [0.4, 0.5) is 4.39 Å². The molecule has 2 aromatic carbocycles. The number of nitrogens with zero attached hydrogens (tertiary/aromatic N) is 2. The van der Waals surface area contributed by atoms with E-state index in [4.69, 9.17) is 4.74 Å². The summed E-state index contributed by atoms with van der Waals surface area (Å²) in [6, 6.07) is 11.7.